The van der Waals surface area contributed by atoms with Crippen molar-refractivity contribution in [3.8, 4) is 5.75 Å². The number of hydrogen-bond acceptors (Lipinski definition) is 4. The van der Waals surface area contributed by atoms with Crippen LogP contribution < -0.4 is 9.64 Å². The van der Waals surface area contributed by atoms with Crippen molar-refractivity contribution >= 4 is 5.69 Å². The molecule has 1 aromatic rings. The highest BCUT2D eigenvalue weighted by molar-refractivity contribution is 5.58. The number of nitrogens with zero attached hydrogens (tertiary/aromatic N) is 1. The first-order chi connectivity index (χ1) is 10.7. The van der Waals surface area contributed by atoms with Crippen LogP contribution in [-0.4, -0.2) is 43.6 Å². The molecule has 1 N–H and O–H groups in total. The first kappa shape index (κ1) is 15.6. The second-order valence-corrected chi connectivity index (χ2v) is 6.79. The molecule has 2 aliphatic rings. The van der Waals surface area contributed by atoms with Crippen molar-refractivity contribution in [3.05, 3.63) is 24.3 Å². The minimum atomic E-state index is -0.749. The van der Waals surface area contributed by atoms with Crippen LogP contribution in [0.25, 0.3) is 0 Å². The maximum absolute atomic E-state index is 10.6. The normalized spacial score (nSPS) is 25.0. The third-order valence-electron chi connectivity index (χ3n) is 4.78. The van der Waals surface area contributed by atoms with E-state index >= 15 is 0 Å². The number of rotatable bonds is 4. The molecule has 0 spiro atoms. The fraction of sp³-hybridized carbons (Fsp3) is 0.667. The molecule has 2 heterocycles. The maximum atomic E-state index is 10.6. The highest BCUT2D eigenvalue weighted by atomic mass is 16.5. The summed E-state index contributed by atoms with van der Waals surface area (Å²) in [5, 5.41) is 10.6. The highest BCUT2D eigenvalue weighted by Crippen LogP contribution is 2.32. The van der Waals surface area contributed by atoms with Crippen LogP contribution >= 0.6 is 0 Å². The summed E-state index contributed by atoms with van der Waals surface area (Å²) >= 11 is 0. The summed E-state index contributed by atoms with van der Waals surface area (Å²) in [7, 11) is 0. The largest absolute Gasteiger partial charge is 0.488 e. The Morgan fingerprint density at radius 1 is 1.32 bits per heavy atom. The van der Waals surface area contributed by atoms with Crippen LogP contribution in [0.3, 0.4) is 0 Å². The Morgan fingerprint density at radius 2 is 2.09 bits per heavy atom. The molecule has 4 nitrogen and oxygen atoms in total. The minimum absolute atomic E-state index is 0.344. The number of benzene rings is 1. The van der Waals surface area contributed by atoms with E-state index in [0.29, 0.717) is 32.7 Å². The van der Waals surface area contributed by atoms with Crippen LogP contribution in [0.2, 0.25) is 0 Å². The van der Waals surface area contributed by atoms with Crippen molar-refractivity contribution in [2.75, 3.05) is 37.8 Å². The summed E-state index contributed by atoms with van der Waals surface area (Å²) in [6, 6.07) is 8.20. The van der Waals surface area contributed by atoms with E-state index in [-0.39, 0.29) is 0 Å². The number of hydrogen-bond donors (Lipinski definition) is 1. The van der Waals surface area contributed by atoms with Gasteiger partial charge in [-0.1, -0.05) is 19.1 Å². The molecule has 2 fully saturated rings. The Labute approximate surface area is 133 Å². The average molecular weight is 305 g/mol. The lowest BCUT2D eigenvalue weighted by molar-refractivity contribution is -0.0855. The van der Waals surface area contributed by atoms with E-state index in [1.54, 1.807) is 0 Å². The molecule has 2 saturated heterocycles. The molecule has 0 radical (unpaired) electrons. The third-order valence-corrected chi connectivity index (χ3v) is 4.78. The molecule has 1 aromatic carbocycles. The van der Waals surface area contributed by atoms with Gasteiger partial charge in [0.05, 0.1) is 5.69 Å². The van der Waals surface area contributed by atoms with Gasteiger partial charge in [0.15, 0.2) is 0 Å². The van der Waals surface area contributed by atoms with Crippen molar-refractivity contribution in [1.29, 1.82) is 0 Å². The van der Waals surface area contributed by atoms with E-state index in [1.165, 1.54) is 12.8 Å². The van der Waals surface area contributed by atoms with Crippen LogP contribution in [0.5, 0.6) is 5.75 Å². The smallest absolute Gasteiger partial charge is 0.142 e. The summed E-state index contributed by atoms with van der Waals surface area (Å²) in [5.41, 5.74) is 0.408. The number of ether oxygens (including phenoxy) is 2. The van der Waals surface area contributed by atoms with Crippen LogP contribution in [-0.2, 0) is 4.74 Å². The van der Waals surface area contributed by atoms with Gasteiger partial charge in [-0.05, 0) is 30.9 Å². The van der Waals surface area contributed by atoms with Crippen molar-refractivity contribution in [2.24, 2.45) is 5.92 Å². The van der Waals surface area contributed by atoms with Gasteiger partial charge in [0, 0.05) is 39.1 Å². The molecule has 1 atom stereocenters. The zero-order valence-electron chi connectivity index (χ0n) is 13.5. The first-order valence-corrected chi connectivity index (χ1v) is 8.43. The molecular formula is C18H27NO3. The van der Waals surface area contributed by atoms with Crippen LogP contribution in [0.1, 0.15) is 32.6 Å². The van der Waals surface area contributed by atoms with Crippen LogP contribution in [0.4, 0.5) is 5.69 Å². The van der Waals surface area contributed by atoms with Crippen molar-refractivity contribution in [3.63, 3.8) is 0 Å². The van der Waals surface area contributed by atoms with Crippen molar-refractivity contribution < 1.29 is 14.6 Å². The zero-order chi connectivity index (χ0) is 15.4. The van der Waals surface area contributed by atoms with E-state index in [4.69, 9.17) is 9.47 Å². The van der Waals surface area contributed by atoms with Gasteiger partial charge < -0.3 is 19.5 Å². The van der Waals surface area contributed by atoms with Gasteiger partial charge in [0.2, 0.25) is 0 Å². The lowest BCUT2D eigenvalue weighted by atomic mass is 9.95. The summed E-state index contributed by atoms with van der Waals surface area (Å²) in [5.74, 6) is 1.61. The number of piperidine rings is 1. The average Bonchev–Trinajstić information content (AvgIpc) is 2.54. The number of anilines is 1. The standard InChI is InChI=1S/C18H27NO3/c1-15-5-4-10-19(13-15)16-6-2-3-7-17(16)22-14-18(20)8-11-21-12-9-18/h2-3,6-7,15,20H,4-5,8-14H2,1H3. The van der Waals surface area contributed by atoms with E-state index in [2.05, 4.69) is 24.0 Å². The van der Waals surface area contributed by atoms with E-state index < -0.39 is 5.60 Å². The SMILES string of the molecule is CC1CCCN(c2ccccc2OCC2(O)CCOCC2)C1. The van der Waals surface area contributed by atoms with Gasteiger partial charge in [-0.2, -0.15) is 0 Å². The van der Waals surface area contributed by atoms with Gasteiger partial charge in [-0.3, -0.25) is 0 Å². The first-order valence-electron chi connectivity index (χ1n) is 8.43. The van der Waals surface area contributed by atoms with Gasteiger partial charge >= 0.3 is 0 Å². The number of aliphatic hydroxyl groups is 1. The lowest BCUT2D eigenvalue weighted by Gasteiger charge is -2.35. The fourth-order valence-corrected chi connectivity index (χ4v) is 3.36. The summed E-state index contributed by atoms with van der Waals surface area (Å²) < 4.78 is 11.3. The summed E-state index contributed by atoms with van der Waals surface area (Å²) in [4.78, 5) is 2.41. The predicted octanol–water partition coefficient (Wildman–Crippen LogP) is 2.84. The van der Waals surface area contributed by atoms with Crippen LogP contribution in [0, 0.1) is 5.92 Å². The Kier molecular flexibility index (Phi) is 4.89. The van der Waals surface area contributed by atoms with Gasteiger partial charge in [-0.15, -0.1) is 0 Å². The second kappa shape index (κ2) is 6.88. The third kappa shape index (κ3) is 3.73. The predicted molar refractivity (Wildman–Crippen MR) is 87.6 cm³/mol. The van der Waals surface area contributed by atoms with Gasteiger partial charge in [0.1, 0.15) is 18.0 Å². The quantitative estimate of drug-likeness (QED) is 0.929. The van der Waals surface area contributed by atoms with E-state index in [0.717, 1.165) is 30.4 Å². The summed E-state index contributed by atoms with van der Waals surface area (Å²) in [6.07, 6.45) is 3.84. The van der Waals surface area contributed by atoms with E-state index in [9.17, 15) is 5.11 Å². The molecule has 0 saturated carbocycles. The molecule has 2 aliphatic heterocycles. The van der Waals surface area contributed by atoms with Gasteiger partial charge in [-0.25, -0.2) is 0 Å². The molecule has 3 rings (SSSR count). The number of para-hydroxylation sites is 2. The molecule has 4 heteroatoms. The Morgan fingerprint density at radius 3 is 2.86 bits per heavy atom. The molecule has 0 aromatic heterocycles. The van der Waals surface area contributed by atoms with Gasteiger partial charge in [0.25, 0.3) is 0 Å². The molecular weight excluding hydrogens is 278 g/mol. The minimum Gasteiger partial charge on any atom is -0.488 e. The molecule has 0 amide bonds. The Bertz CT molecular complexity index is 485. The maximum Gasteiger partial charge on any atom is 0.142 e. The molecule has 22 heavy (non-hydrogen) atoms. The monoisotopic (exact) mass is 305 g/mol. The molecule has 0 aliphatic carbocycles. The second-order valence-electron chi connectivity index (χ2n) is 6.79. The fourth-order valence-electron chi connectivity index (χ4n) is 3.36. The topological polar surface area (TPSA) is 41.9 Å². The van der Waals surface area contributed by atoms with Crippen molar-refractivity contribution in [1.82, 2.24) is 0 Å². The van der Waals surface area contributed by atoms with E-state index in [1.807, 2.05) is 12.1 Å². The Balaban J connectivity index is 1.68. The van der Waals surface area contributed by atoms with Crippen LogP contribution in [0.15, 0.2) is 24.3 Å². The molecule has 1 unspecified atom stereocenters. The zero-order valence-corrected chi connectivity index (χ0v) is 13.5. The highest BCUT2D eigenvalue weighted by Gasteiger charge is 2.31. The Hall–Kier alpha value is -1.26. The summed E-state index contributed by atoms with van der Waals surface area (Å²) in [6.45, 7) is 6.05. The van der Waals surface area contributed by atoms with Crippen molar-refractivity contribution in [2.45, 2.75) is 38.2 Å². The molecule has 122 valence electrons. The molecule has 0 bridgehead atoms. The lowest BCUT2D eigenvalue weighted by Crippen LogP contribution is -2.42.